The summed E-state index contributed by atoms with van der Waals surface area (Å²) in [6.07, 6.45) is 2.21. The average Bonchev–Trinajstić information content (AvgIpc) is 3.27. The largest absolute Gasteiger partial charge is 0.497 e. The highest BCUT2D eigenvalue weighted by Crippen LogP contribution is 2.28. The van der Waals surface area contributed by atoms with Crippen LogP contribution >= 0.6 is 0 Å². The van der Waals surface area contributed by atoms with E-state index in [-0.39, 0.29) is 12.5 Å². The third-order valence-corrected chi connectivity index (χ3v) is 3.25. The third kappa shape index (κ3) is 3.96. The highest BCUT2D eigenvalue weighted by atomic mass is 16.5. The lowest BCUT2D eigenvalue weighted by atomic mass is 10.2. The van der Waals surface area contributed by atoms with Gasteiger partial charge in [-0.05, 0) is 37.5 Å². The van der Waals surface area contributed by atoms with Crippen molar-refractivity contribution in [3.63, 3.8) is 0 Å². The normalized spacial score (nSPS) is 14.2. The van der Waals surface area contributed by atoms with Crippen LogP contribution < -0.4 is 4.74 Å². The van der Waals surface area contributed by atoms with Crippen LogP contribution in [-0.2, 0) is 16.1 Å². The van der Waals surface area contributed by atoms with Crippen LogP contribution in [0.25, 0.3) is 0 Å². The van der Waals surface area contributed by atoms with E-state index in [0.717, 1.165) is 24.2 Å². The van der Waals surface area contributed by atoms with Crippen molar-refractivity contribution in [1.82, 2.24) is 4.90 Å². The SMILES string of the molecule is CCOCC(=O)N(Cc1ccc(OC)cc1)C1CC1. The third-order valence-electron chi connectivity index (χ3n) is 3.25. The molecule has 0 saturated heterocycles. The van der Waals surface area contributed by atoms with E-state index in [0.29, 0.717) is 19.2 Å². The Morgan fingerprint density at radius 1 is 1.32 bits per heavy atom. The van der Waals surface area contributed by atoms with Gasteiger partial charge in [0.1, 0.15) is 12.4 Å². The second kappa shape index (κ2) is 6.57. The first kappa shape index (κ1) is 13.9. The number of benzene rings is 1. The van der Waals surface area contributed by atoms with Crippen LogP contribution in [0.2, 0.25) is 0 Å². The Morgan fingerprint density at radius 2 is 2.00 bits per heavy atom. The van der Waals surface area contributed by atoms with Gasteiger partial charge < -0.3 is 14.4 Å². The molecule has 2 rings (SSSR count). The summed E-state index contributed by atoms with van der Waals surface area (Å²) in [5, 5.41) is 0. The van der Waals surface area contributed by atoms with Crippen LogP contribution in [0.3, 0.4) is 0 Å². The number of hydrogen-bond acceptors (Lipinski definition) is 3. The second-order valence-electron chi connectivity index (χ2n) is 4.74. The smallest absolute Gasteiger partial charge is 0.249 e. The van der Waals surface area contributed by atoms with Crippen molar-refractivity contribution in [2.75, 3.05) is 20.3 Å². The Kier molecular flexibility index (Phi) is 4.80. The van der Waals surface area contributed by atoms with Gasteiger partial charge in [-0.1, -0.05) is 12.1 Å². The monoisotopic (exact) mass is 263 g/mol. The Morgan fingerprint density at radius 3 is 2.53 bits per heavy atom. The van der Waals surface area contributed by atoms with Crippen molar-refractivity contribution in [3.05, 3.63) is 29.8 Å². The van der Waals surface area contributed by atoms with Crippen molar-refractivity contribution < 1.29 is 14.3 Å². The molecular weight excluding hydrogens is 242 g/mol. The first-order chi connectivity index (χ1) is 9.24. The van der Waals surface area contributed by atoms with Crippen LogP contribution in [0, 0.1) is 0 Å². The van der Waals surface area contributed by atoms with Gasteiger partial charge in [0.25, 0.3) is 0 Å². The topological polar surface area (TPSA) is 38.8 Å². The van der Waals surface area contributed by atoms with Gasteiger partial charge in [-0.25, -0.2) is 0 Å². The number of rotatable bonds is 7. The van der Waals surface area contributed by atoms with Crippen LogP contribution in [0.5, 0.6) is 5.75 Å². The molecule has 1 aliphatic rings. The van der Waals surface area contributed by atoms with Crippen LogP contribution in [0.4, 0.5) is 0 Å². The van der Waals surface area contributed by atoms with Crippen molar-refractivity contribution in [2.24, 2.45) is 0 Å². The molecular formula is C15H21NO3. The fourth-order valence-electron chi connectivity index (χ4n) is 2.01. The molecule has 0 radical (unpaired) electrons. The molecule has 1 amide bonds. The van der Waals surface area contributed by atoms with Crippen molar-refractivity contribution in [3.8, 4) is 5.75 Å². The molecule has 0 bridgehead atoms. The second-order valence-corrected chi connectivity index (χ2v) is 4.74. The number of carbonyl (C=O) groups is 1. The molecule has 19 heavy (non-hydrogen) atoms. The summed E-state index contributed by atoms with van der Waals surface area (Å²) >= 11 is 0. The molecule has 0 unspecified atom stereocenters. The van der Waals surface area contributed by atoms with Gasteiger partial charge in [0, 0.05) is 19.2 Å². The summed E-state index contributed by atoms with van der Waals surface area (Å²) in [7, 11) is 1.65. The van der Waals surface area contributed by atoms with E-state index in [4.69, 9.17) is 9.47 Å². The van der Waals surface area contributed by atoms with E-state index < -0.39 is 0 Å². The Balaban J connectivity index is 1.97. The van der Waals surface area contributed by atoms with Gasteiger partial charge in [-0.3, -0.25) is 4.79 Å². The van der Waals surface area contributed by atoms with E-state index in [9.17, 15) is 4.79 Å². The molecule has 4 heteroatoms. The summed E-state index contributed by atoms with van der Waals surface area (Å²) in [4.78, 5) is 14.0. The van der Waals surface area contributed by atoms with Crippen molar-refractivity contribution >= 4 is 5.91 Å². The number of methoxy groups -OCH3 is 1. The van der Waals surface area contributed by atoms with Gasteiger partial charge in [-0.15, -0.1) is 0 Å². The predicted octanol–water partition coefficient (Wildman–Crippen LogP) is 2.22. The van der Waals surface area contributed by atoms with Crippen LogP contribution in [-0.4, -0.2) is 37.2 Å². The molecule has 1 aromatic carbocycles. The molecule has 0 aromatic heterocycles. The predicted molar refractivity (Wildman–Crippen MR) is 73.1 cm³/mol. The summed E-state index contributed by atoms with van der Waals surface area (Å²) < 4.78 is 10.4. The summed E-state index contributed by atoms with van der Waals surface area (Å²) in [6, 6.07) is 8.25. The van der Waals surface area contributed by atoms with E-state index in [2.05, 4.69) is 0 Å². The Bertz CT molecular complexity index is 412. The van der Waals surface area contributed by atoms with E-state index >= 15 is 0 Å². The maximum Gasteiger partial charge on any atom is 0.249 e. The van der Waals surface area contributed by atoms with Gasteiger partial charge in [0.05, 0.1) is 7.11 Å². The number of hydrogen-bond donors (Lipinski definition) is 0. The minimum absolute atomic E-state index is 0.0835. The van der Waals surface area contributed by atoms with Crippen molar-refractivity contribution in [1.29, 1.82) is 0 Å². The fraction of sp³-hybridized carbons (Fsp3) is 0.533. The van der Waals surface area contributed by atoms with E-state index in [1.807, 2.05) is 36.1 Å². The highest BCUT2D eigenvalue weighted by molar-refractivity contribution is 5.78. The zero-order valence-corrected chi connectivity index (χ0v) is 11.6. The molecule has 1 aromatic rings. The quantitative estimate of drug-likeness (QED) is 0.757. The highest BCUT2D eigenvalue weighted by Gasteiger charge is 2.32. The molecule has 0 N–H and O–H groups in total. The minimum Gasteiger partial charge on any atom is -0.497 e. The molecule has 1 fully saturated rings. The zero-order valence-electron chi connectivity index (χ0n) is 11.6. The standard InChI is InChI=1S/C15H21NO3/c1-3-19-11-15(17)16(13-6-7-13)10-12-4-8-14(18-2)9-5-12/h4-5,8-9,13H,3,6-7,10-11H2,1-2H3. The Hall–Kier alpha value is -1.55. The first-order valence-corrected chi connectivity index (χ1v) is 6.74. The van der Waals surface area contributed by atoms with E-state index in [1.165, 1.54) is 0 Å². The minimum atomic E-state index is 0.0835. The lowest BCUT2D eigenvalue weighted by Crippen LogP contribution is -2.35. The molecule has 4 nitrogen and oxygen atoms in total. The maximum absolute atomic E-state index is 12.1. The summed E-state index contributed by atoms with van der Waals surface area (Å²) in [5.41, 5.74) is 1.12. The van der Waals surface area contributed by atoms with E-state index in [1.54, 1.807) is 7.11 Å². The fourth-order valence-corrected chi connectivity index (χ4v) is 2.01. The summed E-state index contributed by atoms with van der Waals surface area (Å²) in [6.45, 7) is 3.31. The number of amides is 1. The first-order valence-electron chi connectivity index (χ1n) is 6.74. The average molecular weight is 263 g/mol. The van der Waals surface area contributed by atoms with Crippen LogP contribution in [0.1, 0.15) is 25.3 Å². The maximum atomic E-state index is 12.1. The lowest BCUT2D eigenvalue weighted by molar-refractivity contribution is -0.137. The number of ether oxygens (including phenoxy) is 2. The molecule has 104 valence electrons. The van der Waals surface area contributed by atoms with Gasteiger partial charge in [-0.2, -0.15) is 0 Å². The van der Waals surface area contributed by atoms with Crippen molar-refractivity contribution in [2.45, 2.75) is 32.4 Å². The zero-order chi connectivity index (χ0) is 13.7. The molecule has 1 aliphatic carbocycles. The van der Waals surface area contributed by atoms with Gasteiger partial charge in [0.2, 0.25) is 5.91 Å². The molecule has 1 saturated carbocycles. The summed E-state index contributed by atoms with van der Waals surface area (Å²) in [5.74, 6) is 0.919. The molecule has 0 atom stereocenters. The number of nitrogens with zero attached hydrogens (tertiary/aromatic N) is 1. The van der Waals surface area contributed by atoms with Gasteiger partial charge >= 0.3 is 0 Å². The number of carbonyl (C=O) groups excluding carboxylic acids is 1. The molecule has 0 spiro atoms. The van der Waals surface area contributed by atoms with Crippen LogP contribution in [0.15, 0.2) is 24.3 Å². The molecule has 0 heterocycles. The lowest BCUT2D eigenvalue weighted by Gasteiger charge is -2.22. The van der Waals surface area contributed by atoms with Gasteiger partial charge in [0.15, 0.2) is 0 Å². The molecule has 0 aliphatic heterocycles. The Labute approximate surface area is 114 Å².